The highest BCUT2D eigenvalue weighted by atomic mass is 16.5. The molecule has 0 heterocycles. The molecule has 1 aliphatic carbocycles. The first kappa shape index (κ1) is 14.2. The third-order valence-electron chi connectivity index (χ3n) is 3.71. The molecule has 106 valence electrons. The first-order chi connectivity index (χ1) is 9.22. The Hall–Kier alpha value is -1.26. The largest absolute Gasteiger partial charge is 0.497 e. The quantitative estimate of drug-likeness (QED) is 0.856. The minimum absolute atomic E-state index is 0.200. The average Bonchev–Trinajstić information content (AvgIpc) is 2.46. The summed E-state index contributed by atoms with van der Waals surface area (Å²) in [5.74, 6) is 1.58. The summed E-state index contributed by atoms with van der Waals surface area (Å²) in [7, 11) is 3.30. The Kier molecular flexibility index (Phi) is 5.05. The van der Waals surface area contributed by atoms with Crippen molar-refractivity contribution < 1.29 is 14.6 Å². The van der Waals surface area contributed by atoms with Crippen LogP contribution in [0.4, 0.5) is 0 Å². The predicted molar refractivity (Wildman–Crippen MR) is 74.6 cm³/mol. The Morgan fingerprint density at radius 3 is 2.32 bits per heavy atom. The van der Waals surface area contributed by atoms with Gasteiger partial charge in [0.2, 0.25) is 0 Å². The van der Waals surface area contributed by atoms with Crippen molar-refractivity contribution in [3.8, 4) is 11.5 Å². The number of rotatable bonds is 5. The van der Waals surface area contributed by atoms with Crippen LogP contribution in [0.15, 0.2) is 18.2 Å². The van der Waals surface area contributed by atoms with E-state index in [2.05, 4.69) is 5.32 Å². The van der Waals surface area contributed by atoms with Crippen molar-refractivity contribution >= 4 is 0 Å². The third kappa shape index (κ3) is 3.85. The zero-order valence-corrected chi connectivity index (χ0v) is 11.7. The summed E-state index contributed by atoms with van der Waals surface area (Å²) in [6, 6.07) is 6.04. The molecule has 1 aromatic rings. The van der Waals surface area contributed by atoms with Crippen molar-refractivity contribution in [1.82, 2.24) is 5.32 Å². The Balaban J connectivity index is 1.98. The first-order valence-electron chi connectivity index (χ1n) is 6.86. The maximum atomic E-state index is 9.94. The van der Waals surface area contributed by atoms with Gasteiger partial charge in [0.1, 0.15) is 11.5 Å². The van der Waals surface area contributed by atoms with Crippen molar-refractivity contribution in [2.24, 2.45) is 0 Å². The van der Waals surface area contributed by atoms with E-state index in [4.69, 9.17) is 9.47 Å². The van der Waals surface area contributed by atoms with E-state index in [1.165, 1.54) is 6.42 Å². The summed E-state index contributed by atoms with van der Waals surface area (Å²) in [4.78, 5) is 0. The van der Waals surface area contributed by atoms with Gasteiger partial charge in [0, 0.05) is 18.7 Å². The summed E-state index contributed by atoms with van der Waals surface area (Å²) < 4.78 is 10.5. The second-order valence-corrected chi connectivity index (χ2v) is 5.06. The molecule has 2 rings (SSSR count). The molecule has 1 fully saturated rings. The molecule has 0 aromatic heterocycles. The Morgan fingerprint density at radius 1 is 1.11 bits per heavy atom. The lowest BCUT2D eigenvalue weighted by Gasteiger charge is -2.28. The maximum Gasteiger partial charge on any atom is 0.122 e. The van der Waals surface area contributed by atoms with Crippen LogP contribution >= 0.6 is 0 Å². The van der Waals surface area contributed by atoms with Gasteiger partial charge in [-0.25, -0.2) is 0 Å². The molecule has 1 aromatic carbocycles. The number of nitrogens with one attached hydrogen (secondary N) is 1. The fourth-order valence-corrected chi connectivity index (χ4v) is 2.57. The van der Waals surface area contributed by atoms with Crippen LogP contribution in [0.1, 0.15) is 31.2 Å². The van der Waals surface area contributed by atoms with Gasteiger partial charge in [-0.05, 0) is 30.5 Å². The number of methoxy groups -OCH3 is 2. The lowest BCUT2D eigenvalue weighted by Crippen LogP contribution is -2.41. The average molecular weight is 265 g/mol. The number of aliphatic hydroxyl groups is 1. The second-order valence-electron chi connectivity index (χ2n) is 5.06. The van der Waals surface area contributed by atoms with E-state index < -0.39 is 0 Å². The maximum absolute atomic E-state index is 9.94. The Morgan fingerprint density at radius 2 is 1.74 bits per heavy atom. The van der Waals surface area contributed by atoms with Crippen molar-refractivity contribution in [2.45, 2.75) is 44.4 Å². The van der Waals surface area contributed by atoms with Crippen LogP contribution in [0.25, 0.3) is 0 Å². The summed E-state index contributed by atoms with van der Waals surface area (Å²) in [6.45, 7) is 0.718. The van der Waals surface area contributed by atoms with Gasteiger partial charge in [0.15, 0.2) is 0 Å². The molecule has 4 heteroatoms. The van der Waals surface area contributed by atoms with Crippen LogP contribution in [0.3, 0.4) is 0 Å². The Bertz CT molecular complexity index is 386. The van der Waals surface area contributed by atoms with Crippen molar-refractivity contribution in [3.05, 3.63) is 23.8 Å². The molecule has 0 radical (unpaired) electrons. The number of benzene rings is 1. The number of ether oxygens (including phenoxy) is 2. The second kappa shape index (κ2) is 6.78. The van der Waals surface area contributed by atoms with Crippen LogP contribution < -0.4 is 14.8 Å². The number of hydrogen-bond acceptors (Lipinski definition) is 4. The molecule has 19 heavy (non-hydrogen) atoms. The first-order valence-corrected chi connectivity index (χ1v) is 6.86. The van der Waals surface area contributed by atoms with Crippen LogP contribution in [0, 0.1) is 0 Å². The lowest BCUT2D eigenvalue weighted by molar-refractivity contribution is 0.0902. The van der Waals surface area contributed by atoms with Gasteiger partial charge in [0.25, 0.3) is 0 Å². The molecular weight excluding hydrogens is 242 g/mol. The molecule has 0 spiro atoms. The molecule has 0 saturated heterocycles. The fourth-order valence-electron chi connectivity index (χ4n) is 2.57. The molecule has 2 atom stereocenters. The highest BCUT2D eigenvalue weighted by Crippen LogP contribution is 2.23. The van der Waals surface area contributed by atoms with Crippen molar-refractivity contribution in [2.75, 3.05) is 14.2 Å². The summed E-state index contributed by atoms with van der Waals surface area (Å²) in [6.07, 6.45) is 4.05. The summed E-state index contributed by atoms with van der Waals surface area (Å²) in [5, 5.41) is 13.4. The van der Waals surface area contributed by atoms with Gasteiger partial charge in [-0.15, -0.1) is 0 Å². The molecule has 0 amide bonds. The van der Waals surface area contributed by atoms with Crippen molar-refractivity contribution in [1.29, 1.82) is 0 Å². The van der Waals surface area contributed by atoms with Crippen LogP contribution in [-0.2, 0) is 6.54 Å². The van der Waals surface area contributed by atoms with E-state index in [0.717, 1.165) is 42.9 Å². The van der Waals surface area contributed by atoms with Crippen LogP contribution in [0.2, 0.25) is 0 Å². The van der Waals surface area contributed by atoms with Gasteiger partial charge in [0.05, 0.1) is 20.3 Å². The normalized spacial score (nSPS) is 23.1. The van der Waals surface area contributed by atoms with E-state index >= 15 is 0 Å². The SMILES string of the molecule is COc1cc(CN[C@@H]2CCCC[C@H]2O)cc(OC)c1. The highest BCUT2D eigenvalue weighted by molar-refractivity contribution is 5.38. The minimum Gasteiger partial charge on any atom is -0.497 e. The fraction of sp³-hybridized carbons (Fsp3) is 0.600. The van der Waals surface area contributed by atoms with E-state index in [9.17, 15) is 5.11 Å². The summed E-state index contributed by atoms with van der Waals surface area (Å²) in [5.41, 5.74) is 1.11. The van der Waals surface area contributed by atoms with Crippen LogP contribution in [-0.4, -0.2) is 31.5 Å². The number of hydrogen-bond donors (Lipinski definition) is 2. The van der Waals surface area contributed by atoms with Crippen LogP contribution in [0.5, 0.6) is 11.5 Å². The van der Waals surface area contributed by atoms with E-state index in [0.29, 0.717) is 0 Å². The topological polar surface area (TPSA) is 50.7 Å². The standard InChI is InChI=1S/C15H23NO3/c1-18-12-7-11(8-13(9-12)19-2)10-16-14-5-3-4-6-15(14)17/h7-9,14-17H,3-6,10H2,1-2H3/t14-,15-/m1/s1. The van der Waals surface area contributed by atoms with Gasteiger partial charge < -0.3 is 19.9 Å². The molecular formula is C15H23NO3. The highest BCUT2D eigenvalue weighted by Gasteiger charge is 2.22. The molecule has 4 nitrogen and oxygen atoms in total. The monoisotopic (exact) mass is 265 g/mol. The van der Waals surface area contributed by atoms with Gasteiger partial charge in [-0.3, -0.25) is 0 Å². The molecule has 1 aliphatic rings. The molecule has 0 aliphatic heterocycles. The molecule has 2 N–H and O–H groups in total. The molecule has 0 unspecified atom stereocenters. The molecule has 0 bridgehead atoms. The zero-order chi connectivity index (χ0) is 13.7. The predicted octanol–water partition coefficient (Wildman–Crippen LogP) is 2.10. The van der Waals surface area contributed by atoms with Crippen molar-refractivity contribution in [3.63, 3.8) is 0 Å². The number of aliphatic hydroxyl groups excluding tert-OH is 1. The Labute approximate surface area is 114 Å². The summed E-state index contributed by atoms with van der Waals surface area (Å²) >= 11 is 0. The van der Waals surface area contributed by atoms with Gasteiger partial charge >= 0.3 is 0 Å². The smallest absolute Gasteiger partial charge is 0.122 e. The minimum atomic E-state index is -0.221. The van der Waals surface area contributed by atoms with E-state index in [1.54, 1.807) is 14.2 Å². The lowest BCUT2D eigenvalue weighted by atomic mass is 9.92. The van der Waals surface area contributed by atoms with Gasteiger partial charge in [-0.2, -0.15) is 0 Å². The van der Waals surface area contributed by atoms with E-state index in [1.807, 2.05) is 18.2 Å². The molecule has 1 saturated carbocycles. The third-order valence-corrected chi connectivity index (χ3v) is 3.71. The zero-order valence-electron chi connectivity index (χ0n) is 11.7. The van der Waals surface area contributed by atoms with E-state index in [-0.39, 0.29) is 12.1 Å². The van der Waals surface area contributed by atoms with Gasteiger partial charge in [-0.1, -0.05) is 12.8 Å².